The summed E-state index contributed by atoms with van der Waals surface area (Å²) in [6.07, 6.45) is 4.62. The van der Waals surface area contributed by atoms with E-state index in [4.69, 9.17) is 36.3 Å². The number of ether oxygens (including phenoxy) is 1. The number of nitrogens with one attached hydrogen (secondary N) is 2. The minimum atomic E-state index is -1.83. The second-order valence-electron chi connectivity index (χ2n) is 10.6. The third-order valence-electron chi connectivity index (χ3n) is 7.09. The van der Waals surface area contributed by atoms with Crippen LogP contribution in [0.3, 0.4) is 0 Å². The summed E-state index contributed by atoms with van der Waals surface area (Å²) in [6.45, 7) is 3.58. The van der Waals surface area contributed by atoms with Crippen LogP contribution >= 0.6 is 24.0 Å². The molecule has 43 heavy (non-hydrogen) atoms. The SMILES string of the molecule is CNc1cc(-c2ccccc2C)c(-c2ccc(Cl)c(OCCCN(C)C)c2)nc1C(=O)NC1CCCCC1.Cl.O=C(O)O. The monoisotopic (exact) mass is 632 g/mol. The third-order valence-corrected chi connectivity index (χ3v) is 7.41. The largest absolute Gasteiger partial charge is 0.503 e. The fraction of sp³-hybridized carbons (Fsp3) is 0.406. The lowest BCUT2D eigenvalue weighted by molar-refractivity contribution is 0.0923. The molecule has 0 spiro atoms. The van der Waals surface area contributed by atoms with Crippen molar-refractivity contribution in [3.63, 3.8) is 0 Å². The van der Waals surface area contributed by atoms with Gasteiger partial charge in [-0.05, 0) is 69.6 Å². The summed E-state index contributed by atoms with van der Waals surface area (Å²) < 4.78 is 6.06. The van der Waals surface area contributed by atoms with Gasteiger partial charge in [-0.25, -0.2) is 9.78 Å². The van der Waals surface area contributed by atoms with Crippen LogP contribution < -0.4 is 15.4 Å². The molecule has 11 heteroatoms. The van der Waals surface area contributed by atoms with Crippen LogP contribution in [0.25, 0.3) is 22.4 Å². The van der Waals surface area contributed by atoms with Gasteiger partial charge in [-0.1, -0.05) is 61.2 Å². The number of aromatic nitrogens is 1. The Morgan fingerprint density at radius 2 is 1.72 bits per heavy atom. The normalized spacial score (nSPS) is 12.9. The van der Waals surface area contributed by atoms with Gasteiger partial charge in [0.25, 0.3) is 5.91 Å². The van der Waals surface area contributed by atoms with Gasteiger partial charge in [-0.2, -0.15) is 0 Å². The number of aryl methyl sites for hydroxylation is 1. The number of nitrogens with zero attached hydrogens (tertiary/aromatic N) is 2. The number of rotatable bonds is 10. The van der Waals surface area contributed by atoms with Gasteiger partial charge in [0.1, 0.15) is 5.75 Å². The van der Waals surface area contributed by atoms with Crippen LogP contribution in [0.4, 0.5) is 10.5 Å². The zero-order chi connectivity index (χ0) is 30.6. The predicted octanol–water partition coefficient (Wildman–Crippen LogP) is 7.46. The maximum Gasteiger partial charge on any atom is 0.503 e. The molecule has 0 unspecified atom stereocenters. The molecule has 0 radical (unpaired) electrons. The predicted molar refractivity (Wildman–Crippen MR) is 175 cm³/mol. The van der Waals surface area contributed by atoms with Crippen LogP contribution in [0.15, 0.2) is 48.5 Å². The van der Waals surface area contributed by atoms with Crippen LogP contribution in [0, 0.1) is 6.92 Å². The summed E-state index contributed by atoms with van der Waals surface area (Å²) in [6, 6.07) is 16.2. The highest BCUT2D eigenvalue weighted by Crippen LogP contribution is 2.38. The summed E-state index contributed by atoms with van der Waals surface area (Å²) in [5, 5.41) is 20.9. The zero-order valence-corrected chi connectivity index (χ0v) is 26.7. The van der Waals surface area contributed by atoms with Gasteiger partial charge in [0.2, 0.25) is 0 Å². The Labute approximate surface area is 265 Å². The highest BCUT2D eigenvalue weighted by Gasteiger charge is 2.23. The van der Waals surface area contributed by atoms with Crippen molar-refractivity contribution in [1.82, 2.24) is 15.2 Å². The van der Waals surface area contributed by atoms with Crippen LogP contribution in [-0.4, -0.2) is 72.5 Å². The molecule has 1 amide bonds. The van der Waals surface area contributed by atoms with E-state index in [2.05, 4.69) is 34.6 Å². The zero-order valence-electron chi connectivity index (χ0n) is 25.2. The molecule has 1 fully saturated rings. The molecular formula is C32H42Cl2N4O5. The summed E-state index contributed by atoms with van der Waals surface area (Å²) in [4.78, 5) is 29.2. The number of pyridine rings is 1. The van der Waals surface area contributed by atoms with Gasteiger partial charge in [0, 0.05) is 30.8 Å². The van der Waals surface area contributed by atoms with E-state index in [0.717, 1.165) is 66.6 Å². The molecule has 0 bridgehead atoms. The van der Waals surface area contributed by atoms with E-state index in [0.29, 0.717) is 28.8 Å². The van der Waals surface area contributed by atoms with Crippen molar-refractivity contribution in [3.8, 4) is 28.1 Å². The van der Waals surface area contributed by atoms with E-state index >= 15 is 0 Å². The van der Waals surface area contributed by atoms with Crippen LogP contribution in [0.1, 0.15) is 54.6 Å². The first-order valence-corrected chi connectivity index (χ1v) is 14.6. The highest BCUT2D eigenvalue weighted by atomic mass is 35.5. The first-order valence-electron chi connectivity index (χ1n) is 14.2. The van der Waals surface area contributed by atoms with Gasteiger partial charge >= 0.3 is 6.16 Å². The van der Waals surface area contributed by atoms with Gasteiger partial charge in [-0.3, -0.25) is 4.79 Å². The molecule has 9 nitrogen and oxygen atoms in total. The third kappa shape index (κ3) is 10.6. The number of carbonyl (C=O) groups is 2. The average Bonchev–Trinajstić information content (AvgIpc) is 2.96. The van der Waals surface area contributed by atoms with Crippen LogP contribution in [-0.2, 0) is 0 Å². The summed E-state index contributed by atoms with van der Waals surface area (Å²) >= 11 is 6.52. The molecule has 1 aromatic heterocycles. The fourth-order valence-electron chi connectivity index (χ4n) is 5.00. The number of halogens is 2. The Kier molecular flexibility index (Phi) is 14.6. The lowest BCUT2D eigenvalue weighted by Gasteiger charge is -2.23. The van der Waals surface area contributed by atoms with Gasteiger partial charge < -0.3 is 30.5 Å². The van der Waals surface area contributed by atoms with Crippen LogP contribution in [0.5, 0.6) is 5.75 Å². The Morgan fingerprint density at radius 3 is 2.35 bits per heavy atom. The molecule has 1 heterocycles. The maximum atomic E-state index is 13.5. The molecule has 0 atom stereocenters. The number of hydrogen-bond donors (Lipinski definition) is 4. The smallest absolute Gasteiger partial charge is 0.492 e. The van der Waals surface area contributed by atoms with Crippen molar-refractivity contribution < 1.29 is 24.5 Å². The van der Waals surface area contributed by atoms with E-state index in [-0.39, 0.29) is 24.4 Å². The Balaban J connectivity index is 0.00000121. The molecule has 3 aromatic rings. The van der Waals surface area contributed by atoms with Crippen LogP contribution in [0.2, 0.25) is 5.02 Å². The average molecular weight is 634 g/mol. The van der Waals surface area contributed by atoms with E-state index in [1.54, 1.807) is 0 Å². The maximum absolute atomic E-state index is 13.5. The van der Waals surface area contributed by atoms with E-state index in [1.165, 1.54) is 6.42 Å². The van der Waals surface area contributed by atoms with Crippen molar-refractivity contribution in [2.75, 3.05) is 39.6 Å². The number of benzene rings is 2. The molecule has 234 valence electrons. The topological polar surface area (TPSA) is 124 Å². The van der Waals surface area contributed by atoms with Crippen molar-refractivity contribution in [2.45, 2.75) is 51.5 Å². The molecule has 0 aliphatic heterocycles. The highest BCUT2D eigenvalue weighted by molar-refractivity contribution is 6.32. The lowest BCUT2D eigenvalue weighted by Crippen LogP contribution is -2.37. The summed E-state index contributed by atoms with van der Waals surface area (Å²) in [5.74, 6) is 0.472. The summed E-state index contributed by atoms with van der Waals surface area (Å²) in [7, 11) is 5.92. The second kappa shape index (κ2) is 17.6. The van der Waals surface area contributed by atoms with Gasteiger partial charge in [-0.15, -0.1) is 12.4 Å². The number of anilines is 1. The standard InChI is InChI=1S/C31H39ClN4O2.CH2O3.ClH/c1-21-11-8-9-14-24(21)25-20-27(33-2)30(31(37)34-23-12-6-5-7-13-23)35-29(25)22-15-16-26(32)28(19-22)38-18-10-17-36(3)4;2-1(3)4;/h8-9,11,14-16,19-20,23,33H,5-7,10,12-13,17-18H2,1-4H3,(H,34,37);(H2,2,3,4);1H. The van der Waals surface area contributed by atoms with Crippen molar-refractivity contribution in [2.24, 2.45) is 0 Å². The van der Waals surface area contributed by atoms with Crippen molar-refractivity contribution in [3.05, 3.63) is 64.8 Å². The number of carbonyl (C=O) groups excluding carboxylic acids is 1. The first kappa shape index (κ1) is 35.7. The molecule has 1 aliphatic carbocycles. The quantitative estimate of drug-likeness (QED) is 0.170. The summed E-state index contributed by atoms with van der Waals surface area (Å²) in [5.41, 5.74) is 5.82. The molecule has 4 rings (SSSR count). The minimum absolute atomic E-state index is 0. The molecular weight excluding hydrogens is 591 g/mol. The first-order chi connectivity index (χ1) is 20.1. The van der Waals surface area contributed by atoms with Crippen molar-refractivity contribution >= 4 is 41.8 Å². The van der Waals surface area contributed by atoms with E-state index in [1.807, 2.05) is 57.5 Å². The number of carboxylic acid groups (broad SMARTS) is 2. The van der Waals surface area contributed by atoms with Gasteiger partial charge in [0.15, 0.2) is 5.69 Å². The van der Waals surface area contributed by atoms with E-state index < -0.39 is 6.16 Å². The molecule has 1 saturated carbocycles. The number of amides is 1. The Bertz CT molecular complexity index is 1360. The fourth-order valence-corrected chi connectivity index (χ4v) is 5.17. The number of hydrogen-bond acceptors (Lipinski definition) is 6. The Hall–Kier alpha value is -3.53. The molecule has 4 N–H and O–H groups in total. The molecule has 0 saturated heterocycles. The molecule has 1 aliphatic rings. The molecule has 2 aromatic carbocycles. The lowest BCUT2D eigenvalue weighted by atomic mass is 9.94. The van der Waals surface area contributed by atoms with E-state index in [9.17, 15) is 4.79 Å². The Morgan fingerprint density at radius 1 is 1.05 bits per heavy atom. The second-order valence-corrected chi connectivity index (χ2v) is 11.0. The van der Waals surface area contributed by atoms with Crippen molar-refractivity contribution in [1.29, 1.82) is 0 Å². The minimum Gasteiger partial charge on any atom is -0.492 e. The van der Waals surface area contributed by atoms with Gasteiger partial charge in [0.05, 0.1) is 23.0 Å².